The van der Waals surface area contributed by atoms with Crippen molar-refractivity contribution in [3.63, 3.8) is 0 Å². The molecule has 0 unspecified atom stereocenters. The van der Waals surface area contributed by atoms with Crippen LogP contribution in [-0.4, -0.2) is 53.6 Å². The van der Waals surface area contributed by atoms with Crippen LogP contribution in [0.1, 0.15) is 19.3 Å². The minimum atomic E-state index is -0.0583. The number of hydrogen-bond acceptors (Lipinski definition) is 3. The van der Waals surface area contributed by atoms with E-state index < -0.39 is 0 Å². The van der Waals surface area contributed by atoms with Crippen LogP contribution >= 0.6 is 7.92 Å². The van der Waals surface area contributed by atoms with Crippen molar-refractivity contribution in [1.82, 2.24) is 0 Å². The molecule has 0 atom stereocenters. The molecule has 3 nitrogen and oxygen atoms in total. The third-order valence-electron chi connectivity index (χ3n) is 1.90. The summed E-state index contributed by atoms with van der Waals surface area (Å²) in [4.78, 5) is 0. The zero-order chi connectivity index (χ0) is 9.94. The number of aliphatic hydroxyl groups is 3. The van der Waals surface area contributed by atoms with Crippen LogP contribution in [0, 0.1) is 0 Å². The summed E-state index contributed by atoms with van der Waals surface area (Å²) >= 11 is 0. The van der Waals surface area contributed by atoms with Gasteiger partial charge in [0.05, 0.1) is 0 Å². The predicted molar refractivity (Wildman–Crippen MR) is 56.6 cm³/mol. The first-order valence-corrected chi connectivity index (χ1v) is 6.79. The van der Waals surface area contributed by atoms with Crippen molar-refractivity contribution in [2.45, 2.75) is 19.3 Å². The Kier molecular flexibility index (Phi) is 17.5. The molecule has 0 heterocycles. The Balaban J connectivity index is 0. The van der Waals surface area contributed by atoms with Gasteiger partial charge >= 0.3 is 0 Å². The van der Waals surface area contributed by atoms with Gasteiger partial charge in [-0.25, -0.2) is 0 Å². The Labute approximate surface area is 103 Å². The second-order valence-corrected chi connectivity index (χ2v) is 5.76. The fourth-order valence-corrected chi connectivity index (χ4v) is 3.66. The fourth-order valence-electron chi connectivity index (χ4n) is 1.22. The Hall–Kier alpha value is 1.05. The zero-order valence-electron chi connectivity index (χ0n) is 8.45. The monoisotopic (exact) mass is 405 g/mol. The van der Waals surface area contributed by atoms with E-state index >= 15 is 0 Å². The Morgan fingerprint density at radius 1 is 0.643 bits per heavy atom. The van der Waals surface area contributed by atoms with E-state index in [0.717, 1.165) is 37.7 Å². The molecule has 0 rings (SSSR count). The number of rotatable bonds is 9. The van der Waals surface area contributed by atoms with Crippen LogP contribution in [0.5, 0.6) is 0 Å². The van der Waals surface area contributed by atoms with E-state index in [1.165, 1.54) is 0 Å². The minimum absolute atomic E-state index is 0. The zero-order valence-corrected chi connectivity index (χ0v) is 11.5. The molecule has 0 saturated heterocycles. The second kappa shape index (κ2) is 14.1. The molecule has 0 aromatic rings. The Morgan fingerprint density at radius 2 is 0.929 bits per heavy atom. The van der Waals surface area contributed by atoms with Gasteiger partial charge in [-0.3, -0.25) is 0 Å². The van der Waals surface area contributed by atoms with E-state index in [1.54, 1.807) is 0 Å². The van der Waals surface area contributed by atoms with Gasteiger partial charge in [-0.2, -0.15) is 0 Å². The first kappa shape index (κ1) is 17.4. The first-order chi connectivity index (χ1) is 6.35. The van der Waals surface area contributed by atoms with E-state index in [0.29, 0.717) is 0 Å². The standard InChI is InChI=1S/C9H21O3P.Au/c10-4-1-7-13(8-2-5-11)9-3-6-12;/h10-12H,1-9H2;. The molecule has 0 amide bonds. The van der Waals surface area contributed by atoms with Gasteiger partial charge in [0, 0.05) is 42.2 Å². The molecule has 0 aliphatic carbocycles. The van der Waals surface area contributed by atoms with Crippen LogP contribution in [0.3, 0.4) is 0 Å². The van der Waals surface area contributed by atoms with Crippen LogP contribution in [0.4, 0.5) is 0 Å². The molecule has 0 spiro atoms. The fraction of sp³-hybridized carbons (Fsp3) is 1.00. The molecular formula is C9H21AuO3P. The molecule has 3 N–H and O–H groups in total. The molecule has 14 heavy (non-hydrogen) atoms. The summed E-state index contributed by atoms with van der Waals surface area (Å²) in [6.45, 7) is 0.783. The van der Waals surface area contributed by atoms with Gasteiger partial charge in [0.2, 0.25) is 0 Å². The van der Waals surface area contributed by atoms with Crippen molar-refractivity contribution >= 4 is 7.92 Å². The molecule has 91 valence electrons. The predicted octanol–water partition coefficient (Wildman–Crippen LogP) is 0.613. The van der Waals surface area contributed by atoms with Crippen LogP contribution in [0.2, 0.25) is 0 Å². The van der Waals surface area contributed by atoms with Crippen LogP contribution < -0.4 is 0 Å². The molecule has 1 radical (unpaired) electrons. The smallest absolute Gasteiger partial charge is 0.0434 e. The van der Waals surface area contributed by atoms with Gasteiger partial charge < -0.3 is 15.3 Å². The van der Waals surface area contributed by atoms with Crippen molar-refractivity contribution in [2.75, 3.05) is 38.3 Å². The number of hydrogen-bond donors (Lipinski definition) is 3. The van der Waals surface area contributed by atoms with E-state index in [-0.39, 0.29) is 50.1 Å². The summed E-state index contributed by atoms with van der Waals surface area (Å²) in [5.41, 5.74) is 0. The Morgan fingerprint density at radius 3 is 1.14 bits per heavy atom. The summed E-state index contributed by atoms with van der Waals surface area (Å²) in [6.07, 6.45) is 5.82. The van der Waals surface area contributed by atoms with Crippen molar-refractivity contribution in [3.05, 3.63) is 0 Å². The van der Waals surface area contributed by atoms with Crippen LogP contribution in [0.15, 0.2) is 0 Å². The maximum Gasteiger partial charge on any atom is 0.0434 e. The third kappa shape index (κ3) is 11.1. The molecule has 0 fully saturated rings. The molecule has 0 aliphatic rings. The van der Waals surface area contributed by atoms with Crippen molar-refractivity contribution in [2.24, 2.45) is 0 Å². The number of aliphatic hydroxyl groups excluding tert-OH is 3. The molecule has 5 heteroatoms. The van der Waals surface area contributed by atoms with Crippen molar-refractivity contribution in [1.29, 1.82) is 0 Å². The summed E-state index contributed by atoms with van der Waals surface area (Å²) in [5.74, 6) is 0. The van der Waals surface area contributed by atoms with Crippen molar-refractivity contribution < 1.29 is 37.7 Å². The molecule has 0 aromatic heterocycles. The molecular weight excluding hydrogens is 384 g/mol. The van der Waals surface area contributed by atoms with E-state index in [4.69, 9.17) is 15.3 Å². The normalized spacial score (nSPS) is 10.3. The third-order valence-corrected chi connectivity index (χ3v) is 4.74. The topological polar surface area (TPSA) is 60.7 Å². The maximum atomic E-state index is 8.68. The quantitative estimate of drug-likeness (QED) is 0.389. The molecule has 0 saturated carbocycles. The maximum absolute atomic E-state index is 8.68. The summed E-state index contributed by atoms with van der Waals surface area (Å²) in [5, 5.41) is 26.0. The molecule has 0 aliphatic heterocycles. The molecule has 0 aromatic carbocycles. The Bertz CT molecular complexity index is 87.0. The second-order valence-electron chi connectivity index (χ2n) is 3.07. The largest absolute Gasteiger partial charge is 0.396 e. The van der Waals surface area contributed by atoms with E-state index in [9.17, 15) is 0 Å². The van der Waals surface area contributed by atoms with Crippen molar-refractivity contribution in [3.8, 4) is 0 Å². The van der Waals surface area contributed by atoms with E-state index in [1.807, 2.05) is 0 Å². The summed E-state index contributed by atoms with van der Waals surface area (Å²) in [7, 11) is -0.0583. The SMILES string of the molecule is OCCCP(CCCO)CCCO.[Au]. The van der Waals surface area contributed by atoms with E-state index in [2.05, 4.69) is 0 Å². The first-order valence-electron chi connectivity index (χ1n) is 4.90. The van der Waals surface area contributed by atoms with Gasteiger partial charge in [-0.05, 0) is 37.7 Å². The van der Waals surface area contributed by atoms with Gasteiger partial charge in [0.15, 0.2) is 0 Å². The molecule has 0 bridgehead atoms. The van der Waals surface area contributed by atoms with Gasteiger partial charge in [0.1, 0.15) is 0 Å². The minimum Gasteiger partial charge on any atom is -0.396 e. The average Bonchev–Trinajstić information content (AvgIpc) is 2.17. The van der Waals surface area contributed by atoms with Crippen LogP contribution in [0.25, 0.3) is 0 Å². The summed E-state index contributed by atoms with van der Waals surface area (Å²) in [6, 6.07) is 0. The average molecular weight is 405 g/mol. The van der Waals surface area contributed by atoms with Gasteiger partial charge in [0.25, 0.3) is 0 Å². The van der Waals surface area contributed by atoms with Crippen LogP contribution in [-0.2, 0) is 22.4 Å². The summed E-state index contributed by atoms with van der Waals surface area (Å²) < 4.78 is 0. The van der Waals surface area contributed by atoms with Gasteiger partial charge in [-0.15, -0.1) is 7.92 Å². The van der Waals surface area contributed by atoms with Gasteiger partial charge in [-0.1, -0.05) is 0 Å².